The summed E-state index contributed by atoms with van der Waals surface area (Å²) < 4.78 is 18.0. The smallest absolute Gasteiger partial charge is 0.305 e. The molecule has 0 amide bonds. The standard InChI is InChI=1S/C53H90O7/c1-8-10-11-12-13-14-15-16-17-18-19-20-21-22-23-24-47(54)58-36-46-48(55)49(56)50(57)51(60-46)59-41-31-33-52(6)40(35-41)27-28-42-44-30-29-43(53(44,7)34-32-45(42)52)38(5)25-26-39(9-2)37(3)4/h17-18,27,38-39,41-46,48-51,55-57H,3,8-16,19-26,28-36H2,1-2,4-7H3/b18-17+/t38-,39+,41+,42-,43-,44+,45+,46-,48-,49+,50-,51-,52+,53-/m1/s1. The predicted octanol–water partition coefficient (Wildman–Crippen LogP) is 12.4. The second kappa shape index (κ2) is 24.0. The van der Waals surface area contributed by atoms with Crippen molar-refractivity contribution in [2.75, 3.05) is 6.61 Å². The van der Waals surface area contributed by atoms with Crippen molar-refractivity contribution in [1.82, 2.24) is 0 Å². The van der Waals surface area contributed by atoms with Gasteiger partial charge in [-0.2, -0.15) is 0 Å². The summed E-state index contributed by atoms with van der Waals surface area (Å²) in [6.07, 6.45) is 29.7. The molecule has 5 aliphatic rings. The van der Waals surface area contributed by atoms with E-state index in [-0.39, 0.29) is 24.1 Å². The molecule has 5 rings (SSSR count). The van der Waals surface area contributed by atoms with Gasteiger partial charge in [-0.1, -0.05) is 122 Å². The van der Waals surface area contributed by atoms with Crippen molar-refractivity contribution in [2.45, 2.75) is 239 Å². The highest BCUT2D eigenvalue weighted by atomic mass is 16.7. The number of esters is 1. The van der Waals surface area contributed by atoms with Gasteiger partial charge in [0.2, 0.25) is 0 Å². The van der Waals surface area contributed by atoms with E-state index in [1.54, 1.807) is 0 Å². The molecule has 3 saturated carbocycles. The van der Waals surface area contributed by atoms with E-state index in [0.29, 0.717) is 23.7 Å². The van der Waals surface area contributed by atoms with Gasteiger partial charge in [-0.25, -0.2) is 0 Å². The van der Waals surface area contributed by atoms with Gasteiger partial charge in [0.1, 0.15) is 31.0 Å². The van der Waals surface area contributed by atoms with E-state index in [9.17, 15) is 20.1 Å². The first-order valence-corrected chi connectivity index (χ1v) is 25.3. The fourth-order valence-electron chi connectivity index (χ4n) is 13.1. The van der Waals surface area contributed by atoms with E-state index in [0.717, 1.165) is 81.5 Å². The van der Waals surface area contributed by atoms with Crippen molar-refractivity contribution in [2.24, 2.45) is 46.3 Å². The van der Waals surface area contributed by atoms with Gasteiger partial charge in [0.25, 0.3) is 0 Å². The van der Waals surface area contributed by atoms with Crippen LogP contribution < -0.4 is 0 Å². The molecule has 4 aliphatic carbocycles. The number of hydrogen-bond donors (Lipinski definition) is 3. The Morgan fingerprint density at radius 2 is 1.55 bits per heavy atom. The van der Waals surface area contributed by atoms with Crippen molar-refractivity contribution in [3.63, 3.8) is 0 Å². The summed E-state index contributed by atoms with van der Waals surface area (Å²) in [5.41, 5.74) is 3.43. The van der Waals surface area contributed by atoms with Crippen LogP contribution >= 0.6 is 0 Å². The molecule has 0 aromatic rings. The van der Waals surface area contributed by atoms with Crippen molar-refractivity contribution >= 4 is 5.97 Å². The fraction of sp³-hybridized carbons (Fsp3) is 0.868. The molecule has 0 unspecified atom stereocenters. The number of rotatable bonds is 25. The Balaban J connectivity index is 1.02. The molecule has 7 heteroatoms. The molecule has 0 aromatic heterocycles. The molecule has 4 fully saturated rings. The van der Waals surface area contributed by atoms with E-state index in [2.05, 4.69) is 66.3 Å². The molecule has 3 N–H and O–H groups in total. The Morgan fingerprint density at radius 1 is 0.867 bits per heavy atom. The van der Waals surface area contributed by atoms with Gasteiger partial charge >= 0.3 is 5.97 Å². The van der Waals surface area contributed by atoms with E-state index < -0.39 is 30.7 Å². The molecule has 14 atom stereocenters. The third-order valence-electron chi connectivity index (χ3n) is 17.0. The van der Waals surface area contributed by atoms with Crippen LogP contribution in [0.25, 0.3) is 0 Å². The molecule has 1 aliphatic heterocycles. The van der Waals surface area contributed by atoms with Crippen LogP contribution in [0, 0.1) is 46.3 Å². The lowest BCUT2D eigenvalue weighted by atomic mass is 9.47. The van der Waals surface area contributed by atoms with Gasteiger partial charge in [-0.05, 0) is 156 Å². The number of unbranched alkanes of at least 4 members (excludes halogenated alkanes) is 11. The third kappa shape index (κ3) is 12.6. The highest BCUT2D eigenvalue weighted by molar-refractivity contribution is 5.69. The highest BCUT2D eigenvalue weighted by Gasteiger charge is 2.59. The van der Waals surface area contributed by atoms with Crippen LogP contribution in [0.3, 0.4) is 0 Å². The number of aliphatic hydroxyl groups is 3. The van der Waals surface area contributed by atoms with Crippen LogP contribution in [0.1, 0.15) is 202 Å². The van der Waals surface area contributed by atoms with Crippen molar-refractivity contribution in [3.05, 3.63) is 36.0 Å². The lowest BCUT2D eigenvalue weighted by Crippen LogP contribution is -2.60. The van der Waals surface area contributed by atoms with Gasteiger partial charge in [0.05, 0.1) is 6.10 Å². The van der Waals surface area contributed by atoms with Gasteiger partial charge in [0, 0.05) is 6.42 Å². The monoisotopic (exact) mass is 839 g/mol. The number of carbonyl (C=O) groups is 1. The molecule has 60 heavy (non-hydrogen) atoms. The Bertz CT molecular complexity index is 1370. The minimum absolute atomic E-state index is 0.150. The summed E-state index contributed by atoms with van der Waals surface area (Å²) in [6.45, 7) is 18.6. The highest BCUT2D eigenvalue weighted by Crippen LogP contribution is 2.67. The predicted molar refractivity (Wildman–Crippen MR) is 244 cm³/mol. The molecule has 1 heterocycles. The maximum absolute atomic E-state index is 12.6. The first-order chi connectivity index (χ1) is 28.8. The maximum atomic E-state index is 12.6. The average Bonchev–Trinajstić information content (AvgIpc) is 3.59. The van der Waals surface area contributed by atoms with Crippen molar-refractivity contribution in [1.29, 1.82) is 0 Å². The van der Waals surface area contributed by atoms with Crippen LogP contribution in [0.15, 0.2) is 36.0 Å². The second-order valence-electron chi connectivity index (χ2n) is 21.0. The Labute approximate surface area is 367 Å². The molecule has 7 nitrogen and oxygen atoms in total. The summed E-state index contributed by atoms with van der Waals surface area (Å²) in [6, 6.07) is 0. The summed E-state index contributed by atoms with van der Waals surface area (Å²) in [4.78, 5) is 12.6. The Morgan fingerprint density at radius 3 is 2.23 bits per heavy atom. The SMILES string of the molecule is C=C(C)[C@@H](CC)CC[C@@H](C)[C@H]1CC[C@H]2[C@H]3CC=C4C[C@@H](O[C@@H]5O[C@H](COC(=O)CCCCCC/C=C/CCCCCCCCC)[C@@H](O)[C@H](O)[C@H]5O)CC[C@]4(C)[C@H]3CC[C@]12C. The maximum Gasteiger partial charge on any atom is 0.305 e. The molecule has 0 radical (unpaired) electrons. The molecule has 0 aromatic carbocycles. The number of allylic oxidation sites excluding steroid dienone is 4. The summed E-state index contributed by atoms with van der Waals surface area (Å²) in [7, 11) is 0. The summed E-state index contributed by atoms with van der Waals surface area (Å²) in [5, 5.41) is 32.5. The van der Waals surface area contributed by atoms with Gasteiger partial charge < -0.3 is 29.5 Å². The van der Waals surface area contributed by atoms with E-state index >= 15 is 0 Å². The van der Waals surface area contributed by atoms with Gasteiger partial charge in [-0.3, -0.25) is 4.79 Å². The van der Waals surface area contributed by atoms with Crippen LogP contribution in [0.4, 0.5) is 0 Å². The normalized spacial score (nSPS) is 36.2. The zero-order valence-corrected chi connectivity index (χ0v) is 39.2. The number of fused-ring (bicyclic) bond motifs is 5. The van der Waals surface area contributed by atoms with Crippen molar-refractivity contribution < 1.29 is 34.3 Å². The fourth-order valence-corrected chi connectivity index (χ4v) is 13.1. The van der Waals surface area contributed by atoms with E-state index in [1.807, 2.05) is 0 Å². The van der Waals surface area contributed by atoms with Crippen LogP contribution in [0.5, 0.6) is 0 Å². The van der Waals surface area contributed by atoms with E-state index in [1.165, 1.54) is 107 Å². The zero-order valence-electron chi connectivity index (χ0n) is 39.2. The molecule has 0 spiro atoms. The topological polar surface area (TPSA) is 105 Å². The molecular weight excluding hydrogens is 749 g/mol. The third-order valence-corrected chi connectivity index (χ3v) is 17.0. The quantitative estimate of drug-likeness (QED) is 0.0478. The Kier molecular flexibility index (Phi) is 19.8. The number of aliphatic hydroxyl groups excluding tert-OH is 3. The van der Waals surface area contributed by atoms with Crippen molar-refractivity contribution in [3.8, 4) is 0 Å². The molecule has 344 valence electrons. The summed E-state index contributed by atoms with van der Waals surface area (Å²) >= 11 is 0. The first kappa shape index (κ1) is 49.5. The van der Waals surface area contributed by atoms with E-state index in [4.69, 9.17) is 14.2 Å². The molecule has 1 saturated heterocycles. The first-order valence-electron chi connectivity index (χ1n) is 25.3. The minimum atomic E-state index is -1.45. The van der Waals surface area contributed by atoms with Crippen LogP contribution in [0.2, 0.25) is 0 Å². The minimum Gasteiger partial charge on any atom is -0.463 e. The number of hydrogen-bond acceptors (Lipinski definition) is 7. The van der Waals surface area contributed by atoms with Crippen LogP contribution in [-0.2, 0) is 19.0 Å². The molecular formula is C53H90O7. The number of carbonyl (C=O) groups excluding carboxylic acids is 1. The molecule has 0 bridgehead atoms. The largest absolute Gasteiger partial charge is 0.463 e. The van der Waals surface area contributed by atoms with Gasteiger partial charge in [0.15, 0.2) is 6.29 Å². The second-order valence-corrected chi connectivity index (χ2v) is 21.0. The lowest BCUT2D eigenvalue weighted by molar-refractivity contribution is -0.313. The summed E-state index contributed by atoms with van der Waals surface area (Å²) in [5.74, 6) is 4.12. The number of ether oxygens (including phenoxy) is 3. The average molecular weight is 839 g/mol. The van der Waals surface area contributed by atoms with Gasteiger partial charge in [-0.15, -0.1) is 0 Å². The zero-order chi connectivity index (χ0) is 43.3. The Hall–Kier alpha value is -1.51. The lowest BCUT2D eigenvalue weighted by Gasteiger charge is -2.58. The van der Waals surface area contributed by atoms with Crippen LogP contribution in [-0.4, -0.2) is 64.7 Å².